The first kappa shape index (κ1) is 13.5. The van der Waals surface area contributed by atoms with Gasteiger partial charge in [0.05, 0.1) is 6.20 Å². The van der Waals surface area contributed by atoms with Crippen LogP contribution >= 0.6 is 0 Å². The number of aromatic nitrogens is 3. The molecule has 1 fully saturated rings. The molecule has 0 spiro atoms. The first-order chi connectivity index (χ1) is 8.93. The second-order valence-corrected chi connectivity index (χ2v) is 5.39. The Kier molecular flexibility index (Phi) is 3.55. The van der Waals surface area contributed by atoms with Crippen LogP contribution in [0.3, 0.4) is 0 Å². The van der Waals surface area contributed by atoms with Crippen molar-refractivity contribution in [2.75, 3.05) is 6.54 Å². The largest absolute Gasteiger partial charge is 0.480 e. The molecule has 1 aromatic heterocycles. The van der Waals surface area contributed by atoms with Gasteiger partial charge < -0.3 is 10.4 Å². The number of carboxylic acid groups (broad SMARTS) is 1. The number of carbonyl (C=O) groups is 2. The second-order valence-electron chi connectivity index (χ2n) is 5.39. The standard InChI is InChI=1S/C12H18N4O3/c1-8(2)12(3-4-12)7-13-11(19)9-5-16(15-14-9)6-10(17)18/h5,8H,3-4,6-7H2,1-2H3,(H,13,19)(H,17,18). The maximum absolute atomic E-state index is 11.9. The topological polar surface area (TPSA) is 97.1 Å². The highest BCUT2D eigenvalue weighted by Gasteiger charge is 2.45. The van der Waals surface area contributed by atoms with E-state index in [0.29, 0.717) is 12.5 Å². The molecule has 1 saturated carbocycles. The molecule has 7 heteroatoms. The summed E-state index contributed by atoms with van der Waals surface area (Å²) in [5.74, 6) is -0.785. The number of carbonyl (C=O) groups excluding carboxylic acids is 1. The van der Waals surface area contributed by atoms with E-state index in [-0.39, 0.29) is 23.6 Å². The number of nitrogens with one attached hydrogen (secondary N) is 1. The Hall–Kier alpha value is -1.92. The van der Waals surface area contributed by atoms with Crippen LogP contribution in [0.2, 0.25) is 0 Å². The van der Waals surface area contributed by atoms with E-state index in [0.717, 1.165) is 17.5 Å². The minimum atomic E-state index is -1.02. The fourth-order valence-corrected chi connectivity index (χ4v) is 2.08. The lowest BCUT2D eigenvalue weighted by atomic mass is 9.92. The maximum atomic E-state index is 11.9. The highest BCUT2D eigenvalue weighted by atomic mass is 16.4. The van der Waals surface area contributed by atoms with E-state index in [1.165, 1.54) is 6.20 Å². The van der Waals surface area contributed by atoms with Crippen LogP contribution in [0.15, 0.2) is 6.20 Å². The van der Waals surface area contributed by atoms with Gasteiger partial charge in [0.1, 0.15) is 6.54 Å². The van der Waals surface area contributed by atoms with Crippen LogP contribution in [0.1, 0.15) is 37.2 Å². The molecule has 0 bridgehead atoms. The van der Waals surface area contributed by atoms with Gasteiger partial charge in [-0.1, -0.05) is 19.1 Å². The lowest BCUT2D eigenvalue weighted by Crippen LogP contribution is -2.32. The molecule has 0 unspecified atom stereocenters. The molecule has 0 atom stereocenters. The molecule has 0 radical (unpaired) electrons. The highest BCUT2D eigenvalue weighted by Crippen LogP contribution is 2.51. The van der Waals surface area contributed by atoms with Crippen molar-refractivity contribution in [3.05, 3.63) is 11.9 Å². The first-order valence-corrected chi connectivity index (χ1v) is 6.33. The molecule has 0 saturated heterocycles. The molecule has 1 aliphatic carbocycles. The number of amides is 1. The number of aliphatic carboxylic acids is 1. The Bertz CT molecular complexity index is 491. The third-order valence-corrected chi connectivity index (χ3v) is 3.79. The van der Waals surface area contributed by atoms with Crippen molar-refractivity contribution in [3.63, 3.8) is 0 Å². The Morgan fingerprint density at radius 2 is 2.21 bits per heavy atom. The fourth-order valence-electron chi connectivity index (χ4n) is 2.08. The van der Waals surface area contributed by atoms with Crippen molar-refractivity contribution >= 4 is 11.9 Å². The molecule has 1 heterocycles. The molecule has 1 aromatic rings. The summed E-state index contributed by atoms with van der Waals surface area (Å²) in [6.07, 6.45) is 3.62. The number of hydrogen-bond donors (Lipinski definition) is 2. The summed E-state index contributed by atoms with van der Waals surface area (Å²) in [5, 5.41) is 18.7. The average molecular weight is 266 g/mol. The maximum Gasteiger partial charge on any atom is 0.325 e. The lowest BCUT2D eigenvalue weighted by molar-refractivity contribution is -0.137. The van der Waals surface area contributed by atoms with E-state index in [9.17, 15) is 9.59 Å². The zero-order valence-electron chi connectivity index (χ0n) is 11.1. The second kappa shape index (κ2) is 4.99. The zero-order chi connectivity index (χ0) is 14.0. The van der Waals surface area contributed by atoms with E-state index in [2.05, 4.69) is 29.5 Å². The molecule has 104 valence electrons. The predicted octanol–water partition coefficient (Wildman–Crippen LogP) is 0.529. The molecule has 0 aromatic carbocycles. The zero-order valence-corrected chi connectivity index (χ0v) is 11.1. The minimum Gasteiger partial charge on any atom is -0.480 e. The van der Waals surface area contributed by atoms with Crippen LogP contribution in [0.25, 0.3) is 0 Å². The molecular weight excluding hydrogens is 248 g/mol. The summed E-state index contributed by atoms with van der Waals surface area (Å²) < 4.78 is 1.13. The van der Waals surface area contributed by atoms with Crippen LogP contribution in [-0.4, -0.2) is 38.5 Å². The third-order valence-electron chi connectivity index (χ3n) is 3.79. The third kappa shape index (κ3) is 3.10. The monoisotopic (exact) mass is 266 g/mol. The molecule has 0 aliphatic heterocycles. The van der Waals surface area contributed by atoms with Crippen molar-refractivity contribution in [1.82, 2.24) is 20.3 Å². The average Bonchev–Trinajstić information content (AvgIpc) is 3.00. The van der Waals surface area contributed by atoms with E-state index in [4.69, 9.17) is 5.11 Å². The predicted molar refractivity (Wildman–Crippen MR) is 66.5 cm³/mol. The van der Waals surface area contributed by atoms with Crippen molar-refractivity contribution in [2.45, 2.75) is 33.2 Å². The number of hydrogen-bond acceptors (Lipinski definition) is 4. The fraction of sp³-hybridized carbons (Fsp3) is 0.667. The Morgan fingerprint density at radius 3 is 2.74 bits per heavy atom. The first-order valence-electron chi connectivity index (χ1n) is 6.33. The normalized spacial score (nSPS) is 16.4. The molecule has 1 amide bonds. The molecule has 7 nitrogen and oxygen atoms in total. The summed E-state index contributed by atoms with van der Waals surface area (Å²) in [6.45, 7) is 4.65. The van der Waals surface area contributed by atoms with Gasteiger partial charge in [-0.3, -0.25) is 9.59 Å². The van der Waals surface area contributed by atoms with Gasteiger partial charge in [-0.2, -0.15) is 0 Å². The quantitative estimate of drug-likeness (QED) is 0.782. The number of nitrogens with zero attached hydrogens (tertiary/aromatic N) is 3. The van der Waals surface area contributed by atoms with Crippen molar-refractivity contribution in [3.8, 4) is 0 Å². The van der Waals surface area contributed by atoms with Gasteiger partial charge in [0.2, 0.25) is 0 Å². The molecular formula is C12H18N4O3. The van der Waals surface area contributed by atoms with E-state index >= 15 is 0 Å². The lowest BCUT2D eigenvalue weighted by Gasteiger charge is -2.19. The van der Waals surface area contributed by atoms with Crippen LogP contribution in [0.4, 0.5) is 0 Å². The van der Waals surface area contributed by atoms with Crippen molar-refractivity contribution in [1.29, 1.82) is 0 Å². The summed E-state index contributed by atoms with van der Waals surface area (Å²) in [5.41, 5.74) is 0.382. The van der Waals surface area contributed by atoms with Gasteiger partial charge in [0.25, 0.3) is 5.91 Å². The summed E-state index contributed by atoms with van der Waals surface area (Å²) in [4.78, 5) is 22.4. The highest BCUT2D eigenvalue weighted by molar-refractivity contribution is 5.91. The van der Waals surface area contributed by atoms with Gasteiger partial charge >= 0.3 is 5.97 Å². The summed E-state index contributed by atoms with van der Waals surface area (Å²) in [7, 11) is 0. The van der Waals surface area contributed by atoms with E-state index < -0.39 is 5.97 Å². The Balaban J connectivity index is 1.90. The van der Waals surface area contributed by atoms with Crippen LogP contribution in [0, 0.1) is 11.3 Å². The van der Waals surface area contributed by atoms with Gasteiger partial charge in [-0.15, -0.1) is 5.10 Å². The van der Waals surface area contributed by atoms with Crippen molar-refractivity contribution < 1.29 is 14.7 Å². The van der Waals surface area contributed by atoms with Crippen LogP contribution < -0.4 is 5.32 Å². The smallest absolute Gasteiger partial charge is 0.325 e. The summed E-state index contributed by atoms with van der Waals surface area (Å²) >= 11 is 0. The molecule has 19 heavy (non-hydrogen) atoms. The van der Waals surface area contributed by atoms with Gasteiger partial charge in [-0.05, 0) is 24.2 Å². The van der Waals surface area contributed by atoms with Crippen LogP contribution in [-0.2, 0) is 11.3 Å². The van der Waals surface area contributed by atoms with E-state index in [1.54, 1.807) is 0 Å². The Morgan fingerprint density at radius 1 is 1.53 bits per heavy atom. The van der Waals surface area contributed by atoms with Gasteiger partial charge in [0, 0.05) is 6.54 Å². The minimum absolute atomic E-state index is 0.154. The molecule has 2 N–H and O–H groups in total. The number of carboxylic acids is 1. The van der Waals surface area contributed by atoms with Crippen LogP contribution in [0.5, 0.6) is 0 Å². The summed E-state index contributed by atoms with van der Waals surface area (Å²) in [6, 6.07) is 0. The van der Waals surface area contributed by atoms with Gasteiger partial charge in [0.15, 0.2) is 5.69 Å². The van der Waals surface area contributed by atoms with Gasteiger partial charge in [-0.25, -0.2) is 4.68 Å². The Labute approximate surface area is 111 Å². The SMILES string of the molecule is CC(C)C1(CNC(=O)c2cn(CC(=O)O)nn2)CC1. The van der Waals surface area contributed by atoms with E-state index in [1.807, 2.05) is 0 Å². The number of rotatable bonds is 6. The van der Waals surface area contributed by atoms with Crippen molar-refractivity contribution in [2.24, 2.45) is 11.3 Å². The molecule has 2 rings (SSSR count). The molecule has 1 aliphatic rings.